The molecule has 1 heterocycles. The standard InChI is InChI=1S/C20H20F3N3O2/c1-2-24-20(27)26(11-13-7-8-14(21)9-18(13)23)12-15-10-19(25-28-15)16-5-3-4-6-17(16)22/h3-9,15H,2,10-12H2,1H3,(H,24,27). The molecule has 0 aromatic heterocycles. The fraction of sp³-hybridized carbons (Fsp3) is 0.300. The van der Waals surface area contributed by atoms with Crippen molar-refractivity contribution in [1.82, 2.24) is 10.2 Å². The van der Waals surface area contributed by atoms with E-state index in [1.54, 1.807) is 25.1 Å². The van der Waals surface area contributed by atoms with Crippen LogP contribution in [0.25, 0.3) is 0 Å². The first-order valence-corrected chi connectivity index (χ1v) is 8.92. The van der Waals surface area contributed by atoms with Crippen LogP contribution in [0.4, 0.5) is 18.0 Å². The Kier molecular flexibility index (Phi) is 6.18. The molecule has 1 aliphatic heterocycles. The van der Waals surface area contributed by atoms with Gasteiger partial charge in [0.05, 0.1) is 18.8 Å². The lowest BCUT2D eigenvalue weighted by atomic mass is 10.0. The van der Waals surface area contributed by atoms with Crippen molar-refractivity contribution < 1.29 is 22.8 Å². The van der Waals surface area contributed by atoms with Gasteiger partial charge in [0.15, 0.2) is 6.10 Å². The highest BCUT2D eigenvalue weighted by Crippen LogP contribution is 2.21. The van der Waals surface area contributed by atoms with E-state index < -0.39 is 29.6 Å². The molecule has 0 radical (unpaired) electrons. The lowest BCUT2D eigenvalue weighted by Crippen LogP contribution is -2.43. The minimum atomic E-state index is -0.732. The zero-order chi connectivity index (χ0) is 20.1. The molecular formula is C20H20F3N3O2. The van der Waals surface area contributed by atoms with Crippen molar-refractivity contribution in [2.45, 2.75) is 26.0 Å². The Labute approximate surface area is 160 Å². The molecule has 0 bridgehead atoms. The van der Waals surface area contributed by atoms with Crippen LogP contribution in [0.3, 0.4) is 0 Å². The summed E-state index contributed by atoms with van der Waals surface area (Å²) in [7, 11) is 0. The fourth-order valence-electron chi connectivity index (χ4n) is 2.96. The van der Waals surface area contributed by atoms with Crippen LogP contribution in [0.15, 0.2) is 47.6 Å². The SMILES string of the molecule is CCNC(=O)N(Cc1ccc(F)cc1F)CC1CC(c2ccccc2F)=NO1. The maximum atomic E-state index is 14.0. The Morgan fingerprint density at radius 2 is 2.00 bits per heavy atom. The van der Waals surface area contributed by atoms with Crippen LogP contribution in [0, 0.1) is 17.5 Å². The molecule has 0 aliphatic carbocycles. The van der Waals surface area contributed by atoms with Crippen molar-refractivity contribution in [3.8, 4) is 0 Å². The van der Waals surface area contributed by atoms with Crippen molar-refractivity contribution in [3.63, 3.8) is 0 Å². The largest absolute Gasteiger partial charge is 0.390 e. The van der Waals surface area contributed by atoms with Crippen LogP contribution < -0.4 is 5.32 Å². The minimum absolute atomic E-state index is 0.0627. The van der Waals surface area contributed by atoms with Gasteiger partial charge in [-0.3, -0.25) is 0 Å². The monoisotopic (exact) mass is 391 g/mol. The predicted molar refractivity (Wildman–Crippen MR) is 98.3 cm³/mol. The van der Waals surface area contributed by atoms with Gasteiger partial charge >= 0.3 is 6.03 Å². The molecule has 3 rings (SSSR count). The number of urea groups is 1. The molecule has 2 aromatic carbocycles. The second-order valence-corrected chi connectivity index (χ2v) is 6.40. The number of carbonyl (C=O) groups is 1. The highest BCUT2D eigenvalue weighted by atomic mass is 19.1. The van der Waals surface area contributed by atoms with Gasteiger partial charge in [0.2, 0.25) is 0 Å². The molecule has 5 nitrogen and oxygen atoms in total. The van der Waals surface area contributed by atoms with E-state index in [9.17, 15) is 18.0 Å². The van der Waals surface area contributed by atoms with Crippen LogP contribution in [0.1, 0.15) is 24.5 Å². The molecule has 1 N–H and O–H groups in total. The lowest BCUT2D eigenvalue weighted by molar-refractivity contribution is 0.0588. The topological polar surface area (TPSA) is 53.9 Å². The van der Waals surface area contributed by atoms with E-state index in [1.165, 1.54) is 17.0 Å². The van der Waals surface area contributed by atoms with Crippen molar-refractivity contribution >= 4 is 11.7 Å². The molecule has 1 unspecified atom stereocenters. The van der Waals surface area contributed by atoms with Gasteiger partial charge < -0.3 is 15.1 Å². The molecule has 0 saturated heterocycles. The molecule has 2 aromatic rings. The van der Waals surface area contributed by atoms with E-state index in [4.69, 9.17) is 4.84 Å². The normalized spacial score (nSPS) is 15.7. The van der Waals surface area contributed by atoms with Gasteiger partial charge in [0.25, 0.3) is 0 Å². The molecule has 1 aliphatic rings. The molecule has 2 amide bonds. The maximum Gasteiger partial charge on any atom is 0.317 e. The van der Waals surface area contributed by atoms with Crippen molar-refractivity contribution in [1.29, 1.82) is 0 Å². The number of halogens is 3. The van der Waals surface area contributed by atoms with Gasteiger partial charge in [-0.15, -0.1) is 0 Å². The van der Waals surface area contributed by atoms with E-state index >= 15 is 0 Å². The molecule has 148 valence electrons. The van der Waals surface area contributed by atoms with Crippen LogP contribution in [0.2, 0.25) is 0 Å². The Morgan fingerprint density at radius 1 is 1.21 bits per heavy atom. The molecule has 1 atom stereocenters. The van der Waals surface area contributed by atoms with Gasteiger partial charge in [-0.2, -0.15) is 0 Å². The van der Waals surface area contributed by atoms with Crippen LogP contribution >= 0.6 is 0 Å². The third-order valence-corrected chi connectivity index (χ3v) is 4.33. The quantitative estimate of drug-likeness (QED) is 0.814. The van der Waals surface area contributed by atoms with E-state index in [2.05, 4.69) is 10.5 Å². The average Bonchev–Trinajstić information content (AvgIpc) is 3.12. The number of benzene rings is 2. The summed E-state index contributed by atoms with van der Waals surface area (Å²) >= 11 is 0. The second-order valence-electron chi connectivity index (χ2n) is 6.40. The first-order chi connectivity index (χ1) is 13.5. The minimum Gasteiger partial charge on any atom is -0.390 e. The summed E-state index contributed by atoms with van der Waals surface area (Å²) in [6.07, 6.45) is -0.191. The summed E-state index contributed by atoms with van der Waals surface area (Å²) in [5, 5.41) is 6.60. The summed E-state index contributed by atoms with van der Waals surface area (Å²) in [6, 6.07) is 9.03. The number of hydrogen-bond donors (Lipinski definition) is 1. The first-order valence-electron chi connectivity index (χ1n) is 8.92. The number of rotatable bonds is 6. The van der Waals surface area contributed by atoms with Crippen molar-refractivity contribution in [2.24, 2.45) is 5.16 Å². The predicted octanol–water partition coefficient (Wildman–Crippen LogP) is 3.83. The van der Waals surface area contributed by atoms with E-state index in [0.717, 1.165) is 12.1 Å². The zero-order valence-electron chi connectivity index (χ0n) is 15.3. The zero-order valence-corrected chi connectivity index (χ0v) is 15.3. The first kappa shape index (κ1) is 19.7. The highest BCUT2D eigenvalue weighted by Gasteiger charge is 2.28. The Balaban J connectivity index is 1.70. The van der Waals surface area contributed by atoms with Gasteiger partial charge in [0.1, 0.15) is 17.5 Å². The number of nitrogens with zero attached hydrogens (tertiary/aromatic N) is 2. The van der Waals surface area contributed by atoms with Gasteiger partial charge in [-0.05, 0) is 19.1 Å². The molecule has 0 fully saturated rings. The summed E-state index contributed by atoms with van der Waals surface area (Å²) in [6.45, 7) is 2.21. The van der Waals surface area contributed by atoms with Gasteiger partial charge in [-0.25, -0.2) is 18.0 Å². The molecule has 8 heteroatoms. The molecule has 0 saturated carbocycles. The Morgan fingerprint density at radius 3 is 2.71 bits per heavy atom. The van der Waals surface area contributed by atoms with Crippen LogP contribution in [-0.2, 0) is 11.4 Å². The van der Waals surface area contributed by atoms with Crippen LogP contribution in [-0.4, -0.2) is 35.8 Å². The Bertz CT molecular complexity index is 889. The number of amides is 2. The highest BCUT2D eigenvalue weighted by molar-refractivity contribution is 6.01. The van der Waals surface area contributed by atoms with Gasteiger partial charge in [-0.1, -0.05) is 29.4 Å². The second kappa shape index (κ2) is 8.77. The van der Waals surface area contributed by atoms with Crippen molar-refractivity contribution in [3.05, 3.63) is 71.0 Å². The summed E-state index contributed by atoms with van der Waals surface area (Å²) < 4.78 is 41.1. The van der Waals surface area contributed by atoms with E-state index in [1.807, 2.05) is 0 Å². The molecule has 28 heavy (non-hydrogen) atoms. The third-order valence-electron chi connectivity index (χ3n) is 4.33. The lowest BCUT2D eigenvalue weighted by Gasteiger charge is -2.25. The van der Waals surface area contributed by atoms with Gasteiger partial charge in [0, 0.05) is 30.2 Å². The maximum absolute atomic E-state index is 14.0. The Hall–Kier alpha value is -3.03. The summed E-state index contributed by atoms with van der Waals surface area (Å²) in [5.74, 6) is -1.82. The number of nitrogens with one attached hydrogen (secondary N) is 1. The van der Waals surface area contributed by atoms with E-state index in [0.29, 0.717) is 24.2 Å². The average molecular weight is 391 g/mol. The number of oxime groups is 1. The number of hydrogen-bond acceptors (Lipinski definition) is 3. The van der Waals surface area contributed by atoms with Crippen molar-refractivity contribution in [2.75, 3.05) is 13.1 Å². The third kappa shape index (κ3) is 4.62. The summed E-state index contributed by atoms with van der Waals surface area (Å²) in [4.78, 5) is 19.1. The van der Waals surface area contributed by atoms with E-state index in [-0.39, 0.29) is 18.7 Å². The van der Waals surface area contributed by atoms with Crippen LogP contribution in [0.5, 0.6) is 0 Å². The fourth-order valence-corrected chi connectivity index (χ4v) is 2.96. The molecular weight excluding hydrogens is 371 g/mol. The summed E-state index contributed by atoms with van der Waals surface area (Å²) in [5.41, 5.74) is 0.979. The number of carbonyl (C=O) groups excluding carboxylic acids is 1. The smallest absolute Gasteiger partial charge is 0.317 e. The molecule has 0 spiro atoms.